The van der Waals surface area contributed by atoms with Gasteiger partial charge in [-0.1, -0.05) is 11.3 Å². The largest absolute Gasteiger partial charge is 0.362 e. The van der Waals surface area contributed by atoms with E-state index in [-0.39, 0.29) is 5.95 Å². The van der Waals surface area contributed by atoms with E-state index in [1.165, 1.54) is 4.68 Å². The maximum Gasteiger partial charge on any atom is 0.362 e. The summed E-state index contributed by atoms with van der Waals surface area (Å²) < 4.78 is 24.3. The Labute approximate surface area is 87.0 Å². The molecule has 0 aromatic carbocycles. The van der Waals surface area contributed by atoms with Crippen LogP contribution in [0.25, 0.3) is 0 Å². The van der Waals surface area contributed by atoms with Crippen LogP contribution in [0.2, 0.25) is 0 Å². The van der Waals surface area contributed by atoms with Gasteiger partial charge in [0.05, 0.1) is 0 Å². The predicted molar refractivity (Wildman–Crippen MR) is 50.7 cm³/mol. The van der Waals surface area contributed by atoms with Crippen molar-refractivity contribution < 1.29 is 13.2 Å². The molecule has 1 rings (SSSR count). The van der Waals surface area contributed by atoms with Crippen LogP contribution in [0.3, 0.4) is 0 Å². The molecule has 0 unspecified atom stereocenters. The van der Waals surface area contributed by atoms with Gasteiger partial charge in [-0.25, -0.2) is 4.79 Å². The molecule has 0 saturated carbocycles. The Morgan fingerprint density at radius 2 is 2.27 bits per heavy atom. The second kappa shape index (κ2) is 4.64. The minimum Gasteiger partial charge on any atom is -0.272 e. The highest BCUT2D eigenvalue weighted by atomic mass is 32.2. The van der Waals surface area contributed by atoms with Crippen molar-refractivity contribution in [3.63, 3.8) is 0 Å². The van der Waals surface area contributed by atoms with Crippen LogP contribution in [0.5, 0.6) is 0 Å². The van der Waals surface area contributed by atoms with E-state index in [0.717, 1.165) is 0 Å². The van der Waals surface area contributed by atoms with E-state index in [2.05, 4.69) is 19.8 Å². The van der Waals surface area contributed by atoms with Crippen molar-refractivity contribution in [2.24, 2.45) is 11.4 Å². The minimum atomic E-state index is -2.77. The number of amides is 2. The first kappa shape index (κ1) is 11.3. The Kier molecular flexibility index (Phi) is 3.50. The first-order chi connectivity index (χ1) is 7.02. The van der Waals surface area contributed by atoms with Gasteiger partial charge in [0, 0.05) is 13.5 Å². The van der Waals surface area contributed by atoms with Gasteiger partial charge in [0.1, 0.15) is 5.82 Å². The summed E-state index contributed by atoms with van der Waals surface area (Å²) in [5, 5.41) is 5.97. The molecule has 1 aromatic rings. The lowest BCUT2D eigenvalue weighted by molar-refractivity contribution is 0.259. The van der Waals surface area contributed by atoms with Gasteiger partial charge in [-0.05, 0) is 0 Å². The third-order valence-electron chi connectivity index (χ3n) is 1.55. The molecule has 1 N–H and O–H groups in total. The molecule has 15 heavy (non-hydrogen) atoms. The van der Waals surface area contributed by atoms with Crippen LogP contribution in [-0.4, -0.2) is 29.2 Å². The molecular weight excluding hydrogens is 222 g/mol. The zero-order valence-electron chi connectivity index (χ0n) is 8.13. The fourth-order valence-corrected chi connectivity index (χ4v) is 1.14. The van der Waals surface area contributed by atoms with Gasteiger partial charge in [-0.15, -0.1) is 5.10 Å². The number of aryl methyl sites for hydroxylation is 2. The van der Waals surface area contributed by atoms with Crippen molar-refractivity contribution in [3.05, 3.63) is 5.82 Å². The number of rotatable bonds is 2. The molecule has 0 saturated heterocycles. The molecule has 0 aliphatic carbocycles. The van der Waals surface area contributed by atoms with Gasteiger partial charge >= 0.3 is 16.5 Å². The summed E-state index contributed by atoms with van der Waals surface area (Å²) in [5.74, 6) is 0.710. The third kappa shape index (κ3) is 3.13. The summed E-state index contributed by atoms with van der Waals surface area (Å²) in [6, 6.07) is -1.02. The number of nitrogens with one attached hydrogen (secondary N) is 1. The molecule has 0 radical (unpaired) electrons. The topological polar surface area (TPSA) is 106 Å². The van der Waals surface area contributed by atoms with E-state index in [1.807, 2.05) is 6.92 Å². The maximum atomic E-state index is 10.9. The van der Waals surface area contributed by atoms with Gasteiger partial charge in [0.25, 0.3) is 5.95 Å². The highest BCUT2D eigenvalue weighted by Crippen LogP contribution is 2.02. The highest BCUT2D eigenvalue weighted by molar-refractivity contribution is 7.62. The van der Waals surface area contributed by atoms with Gasteiger partial charge < -0.3 is 0 Å². The van der Waals surface area contributed by atoms with E-state index >= 15 is 0 Å². The van der Waals surface area contributed by atoms with E-state index in [1.54, 1.807) is 7.05 Å². The van der Waals surface area contributed by atoms with Gasteiger partial charge in [-0.3, -0.25) is 10.00 Å². The van der Waals surface area contributed by atoms with Crippen LogP contribution >= 0.6 is 0 Å². The normalized spacial score (nSPS) is 9.73. The highest BCUT2D eigenvalue weighted by Gasteiger charge is 2.08. The first-order valence-electron chi connectivity index (χ1n) is 4.05. The Morgan fingerprint density at radius 1 is 1.60 bits per heavy atom. The lowest BCUT2D eigenvalue weighted by Gasteiger charge is -1.90. The van der Waals surface area contributed by atoms with Crippen LogP contribution in [0.15, 0.2) is 4.36 Å². The Morgan fingerprint density at radius 3 is 2.73 bits per heavy atom. The zero-order chi connectivity index (χ0) is 11.4. The lowest BCUT2D eigenvalue weighted by atomic mass is 10.5. The van der Waals surface area contributed by atoms with Crippen molar-refractivity contribution in [3.8, 4) is 0 Å². The molecule has 1 heterocycles. The van der Waals surface area contributed by atoms with Crippen LogP contribution in [0, 0.1) is 0 Å². The summed E-state index contributed by atoms with van der Waals surface area (Å²) in [5.41, 5.74) is 0. The number of nitrogens with zero attached hydrogens (tertiary/aromatic N) is 4. The van der Waals surface area contributed by atoms with Crippen molar-refractivity contribution in [2.45, 2.75) is 13.3 Å². The quantitative estimate of drug-likeness (QED) is 0.769. The molecular formula is C6H9N5O3S. The summed E-state index contributed by atoms with van der Waals surface area (Å²) in [6.07, 6.45) is 0.657. The second-order valence-corrected chi connectivity index (χ2v) is 3.18. The summed E-state index contributed by atoms with van der Waals surface area (Å²) in [4.78, 5) is 14.8. The van der Waals surface area contributed by atoms with E-state index in [4.69, 9.17) is 0 Å². The van der Waals surface area contributed by atoms with Gasteiger partial charge in [0.2, 0.25) is 0 Å². The summed E-state index contributed by atoms with van der Waals surface area (Å²) in [6.45, 7) is 1.88. The fraction of sp³-hybridized carbons (Fsp3) is 0.500. The number of aromatic nitrogens is 3. The molecule has 82 valence electrons. The van der Waals surface area contributed by atoms with E-state index < -0.39 is 16.5 Å². The van der Waals surface area contributed by atoms with Crippen molar-refractivity contribution >= 4 is 22.5 Å². The Hall–Kier alpha value is -1.77. The number of hydrogen-bond donors (Lipinski definition) is 1. The Bertz CT molecular complexity index is 495. The SMILES string of the molecule is CCc1nc(NC(=O)N=S(=O)=O)nn1C. The number of urea groups is 1. The molecule has 1 aromatic heterocycles. The lowest BCUT2D eigenvalue weighted by Crippen LogP contribution is -2.07. The molecule has 0 spiro atoms. The first-order valence-corrected chi connectivity index (χ1v) is 5.08. The van der Waals surface area contributed by atoms with Crippen molar-refractivity contribution in [2.75, 3.05) is 5.32 Å². The van der Waals surface area contributed by atoms with E-state index in [0.29, 0.717) is 12.2 Å². The van der Waals surface area contributed by atoms with Gasteiger partial charge in [-0.2, -0.15) is 13.4 Å². The van der Waals surface area contributed by atoms with E-state index in [9.17, 15) is 13.2 Å². The van der Waals surface area contributed by atoms with Crippen LogP contribution < -0.4 is 5.32 Å². The Balaban J connectivity index is 2.82. The molecule has 0 atom stereocenters. The standard InChI is InChI=1S/C6H9N5O3S/c1-3-4-7-5(9-11(4)2)8-6(12)10-15(13)14/h3H2,1-2H3,(H,8,9,12). The third-order valence-corrected chi connectivity index (χ3v) is 1.86. The zero-order valence-corrected chi connectivity index (χ0v) is 8.95. The molecule has 0 bridgehead atoms. The number of hydrogen-bond acceptors (Lipinski definition) is 5. The van der Waals surface area contributed by atoms with Crippen LogP contribution in [0.4, 0.5) is 10.7 Å². The monoisotopic (exact) mass is 231 g/mol. The fourth-order valence-electron chi connectivity index (χ4n) is 0.964. The van der Waals surface area contributed by atoms with Gasteiger partial charge in [0.15, 0.2) is 0 Å². The smallest absolute Gasteiger partial charge is 0.272 e. The predicted octanol–water partition coefficient (Wildman–Crippen LogP) is -0.0279. The average molecular weight is 231 g/mol. The van der Waals surface area contributed by atoms with Crippen molar-refractivity contribution in [1.29, 1.82) is 0 Å². The molecule has 0 aliphatic heterocycles. The molecule has 8 nitrogen and oxygen atoms in total. The summed E-state index contributed by atoms with van der Waals surface area (Å²) in [7, 11) is -1.10. The maximum absolute atomic E-state index is 10.9. The average Bonchev–Trinajstić information content (AvgIpc) is 2.44. The molecule has 9 heteroatoms. The molecule has 0 aliphatic rings. The van der Waals surface area contributed by atoms with Crippen molar-refractivity contribution in [1.82, 2.24) is 14.8 Å². The number of carbonyl (C=O) groups is 1. The molecule has 2 amide bonds. The van der Waals surface area contributed by atoms with Crippen LogP contribution in [0.1, 0.15) is 12.7 Å². The number of anilines is 1. The van der Waals surface area contributed by atoms with Crippen LogP contribution in [-0.2, 0) is 24.0 Å². The summed E-state index contributed by atoms with van der Waals surface area (Å²) >= 11 is 0. The second-order valence-electron chi connectivity index (χ2n) is 2.57. The number of carbonyl (C=O) groups excluding carboxylic acids is 1. The minimum absolute atomic E-state index is 0.0357. The molecule has 0 fully saturated rings.